The van der Waals surface area contributed by atoms with E-state index in [-0.39, 0.29) is 0 Å². The molecule has 40 heavy (non-hydrogen) atoms. The SMILES string of the molecule is CC(=O)N[C@H]1[C@@H](O[C@]2(CO)O[C@H](CO)[C@@H](O)[C@@H]2O)O[C@H](CO)[C@@H](O[C@@H]2O[C@H](CO)[C@@H](O)[C@H](O)[C@H]2NC(C)=O)[C@@H]1O. The van der Waals surface area contributed by atoms with Gasteiger partial charge >= 0.3 is 0 Å². The number of amides is 2. The van der Waals surface area contributed by atoms with E-state index in [1.54, 1.807) is 0 Å². The van der Waals surface area contributed by atoms with E-state index >= 15 is 0 Å². The fourth-order valence-electron chi connectivity index (χ4n) is 4.93. The van der Waals surface area contributed by atoms with Gasteiger partial charge < -0.3 is 80.3 Å². The predicted octanol–water partition coefficient (Wildman–Crippen LogP) is -7.28. The van der Waals surface area contributed by atoms with E-state index in [2.05, 4.69) is 10.6 Å². The Morgan fingerprint density at radius 1 is 0.725 bits per heavy atom. The number of aliphatic hydroxyl groups excluding tert-OH is 9. The summed E-state index contributed by atoms with van der Waals surface area (Å²) in [6, 6.07) is -2.95. The van der Waals surface area contributed by atoms with Crippen LogP contribution in [0.25, 0.3) is 0 Å². The molecule has 14 atom stereocenters. The highest BCUT2D eigenvalue weighted by atomic mass is 16.8. The summed E-state index contributed by atoms with van der Waals surface area (Å²) in [5, 5.41) is 96.4. The van der Waals surface area contributed by atoms with Crippen molar-refractivity contribution in [3.05, 3.63) is 0 Å². The molecule has 0 aromatic carbocycles. The van der Waals surface area contributed by atoms with Crippen LogP contribution < -0.4 is 10.6 Å². The van der Waals surface area contributed by atoms with Gasteiger partial charge in [0.1, 0.15) is 73.6 Å². The number of nitrogens with one attached hydrogen (secondary N) is 2. The van der Waals surface area contributed by atoms with Crippen molar-refractivity contribution in [2.75, 3.05) is 26.4 Å². The Hall–Kier alpha value is -1.62. The third-order valence-electron chi connectivity index (χ3n) is 6.99. The Balaban J connectivity index is 1.90. The molecule has 2 amide bonds. The highest BCUT2D eigenvalue weighted by molar-refractivity contribution is 5.73. The molecule has 232 valence electrons. The number of carbonyl (C=O) groups excluding carboxylic acids is 2. The summed E-state index contributed by atoms with van der Waals surface area (Å²) >= 11 is 0. The molecule has 0 radical (unpaired) electrons. The predicted molar refractivity (Wildman–Crippen MR) is 124 cm³/mol. The first kappa shape index (κ1) is 32.9. The van der Waals surface area contributed by atoms with Gasteiger partial charge in [-0.25, -0.2) is 0 Å². The maximum absolute atomic E-state index is 12.0. The van der Waals surface area contributed by atoms with Crippen molar-refractivity contribution in [3.8, 4) is 0 Å². The van der Waals surface area contributed by atoms with Gasteiger partial charge in [0.25, 0.3) is 0 Å². The molecular formula is C22H38N2O16. The van der Waals surface area contributed by atoms with Crippen molar-refractivity contribution >= 4 is 11.8 Å². The monoisotopic (exact) mass is 586 g/mol. The molecule has 18 nitrogen and oxygen atoms in total. The molecule has 3 aliphatic rings. The van der Waals surface area contributed by atoms with Crippen LogP contribution in [0, 0.1) is 0 Å². The molecular weight excluding hydrogens is 548 g/mol. The zero-order valence-corrected chi connectivity index (χ0v) is 21.7. The second kappa shape index (κ2) is 13.6. The molecule has 3 rings (SSSR count). The van der Waals surface area contributed by atoms with Crippen molar-refractivity contribution in [1.82, 2.24) is 10.6 Å². The third-order valence-corrected chi connectivity index (χ3v) is 6.99. The molecule has 0 aromatic rings. The number of rotatable bonds is 10. The molecule has 3 heterocycles. The molecule has 3 aliphatic heterocycles. The average Bonchev–Trinajstić information content (AvgIpc) is 3.15. The Kier molecular flexibility index (Phi) is 11.2. The van der Waals surface area contributed by atoms with E-state index in [1.165, 1.54) is 0 Å². The lowest BCUT2D eigenvalue weighted by Crippen LogP contribution is -2.70. The van der Waals surface area contributed by atoms with Crippen molar-refractivity contribution in [3.63, 3.8) is 0 Å². The first-order valence-corrected chi connectivity index (χ1v) is 12.5. The van der Waals surface area contributed by atoms with Crippen molar-refractivity contribution < 1.29 is 79.2 Å². The minimum atomic E-state index is -2.38. The molecule has 0 unspecified atom stereocenters. The van der Waals surface area contributed by atoms with Gasteiger partial charge in [0.2, 0.25) is 17.6 Å². The van der Waals surface area contributed by atoms with Crippen LogP contribution in [0.4, 0.5) is 0 Å². The maximum Gasteiger partial charge on any atom is 0.224 e. The van der Waals surface area contributed by atoms with Gasteiger partial charge in [-0.15, -0.1) is 0 Å². The topological polar surface area (TPSA) is 286 Å². The van der Waals surface area contributed by atoms with E-state index in [1.807, 2.05) is 0 Å². The first-order valence-electron chi connectivity index (χ1n) is 12.5. The number of hydrogen-bond donors (Lipinski definition) is 11. The molecule has 0 saturated carbocycles. The second-order valence-corrected chi connectivity index (χ2v) is 9.84. The van der Waals surface area contributed by atoms with Gasteiger partial charge in [0.15, 0.2) is 12.6 Å². The second-order valence-electron chi connectivity index (χ2n) is 9.84. The van der Waals surface area contributed by atoms with E-state index in [0.29, 0.717) is 0 Å². The molecule has 18 heteroatoms. The van der Waals surface area contributed by atoms with Gasteiger partial charge in [-0.2, -0.15) is 0 Å². The zero-order chi connectivity index (χ0) is 29.9. The summed E-state index contributed by atoms with van der Waals surface area (Å²) in [5.74, 6) is -3.72. The van der Waals surface area contributed by atoms with Crippen molar-refractivity contribution in [2.24, 2.45) is 0 Å². The lowest BCUT2D eigenvalue weighted by Gasteiger charge is -2.49. The van der Waals surface area contributed by atoms with Crippen LogP contribution in [0.1, 0.15) is 13.8 Å². The van der Waals surface area contributed by atoms with Crippen LogP contribution in [-0.2, 0) is 33.3 Å². The average molecular weight is 587 g/mol. The fourth-order valence-corrected chi connectivity index (χ4v) is 4.93. The van der Waals surface area contributed by atoms with Crippen LogP contribution in [0.5, 0.6) is 0 Å². The number of ether oxygens (including phenoxy) is 5. The van der Waals surface area contributed by atoms with Crippen LogP contribution in [0.3, 0.4) is 0 Å². The lowest BCUT2D eigenvalue weighted by atomic mass is 9.94. The van der Waals surface area contributed by atoms with Gasteiger partial charge in [-0.3, -0.25) is 9.59 Å². The summed E-state index contributed by atoms with van der Waals surface area (Å²) in [4.78, 5) is 23.7. The molecule has 3 fully saturated rings. The standard InChI is InChI=1S/C22H38N2O16/c1-7(29)23-12-16(33)14(31)9(3-25)36-20(12)38-18-11(5-27)37-21(13(17(18)34)24-8(2)30)40-22(6-28)19(35)15(32)10(4-26)39-22/h9-21,25-28,31-35H,3-6H2,1-2H3,(H,23,29)(H,24,30)/t9-,10-,11-,12-,13-,14-,15-,16-,17-,18-,19+,20+,21-,22+/m1/s1. The van der Waals surface area contributed by atoms with Crippen LogP contribution in [-0.4, -0.2) is 170 Å². The Morgan fingerprint density at radius 2 is 1.25 bits per heavy atom. The largest absolute Gasteiger partial charge is 0.394 e. The summed E-state index contributed by atoms with van der Waals surface area (Å²) < 4.78 is 28.0. The van der Waals surface area contributed by atoms with Gasteiger partial charge in [-0.05, 0) is 0 Å². The fraction of sp³-hybridized carbons (Fsp3) is 0.909. The first-order chi connectivity index (χ1) is 18.8. The summed E-state index contributed by atoms with van der Waals surface area (Å²) in [6.07, 6.45) is -17.9. The normalized spacial score (nSPS) is 45.7. The van der Waals surface area contributed by atoms with E-state index < -0.39 is 124 Å². The molecule has 11 N–H and O–H groups in total. The summed E-state index contributed by atoms with van der Waals surface area (Å²) in [6.45, 7) is -1.22. The smallest absolute Gasteiger partial charge is 0.224 e. The molecule has 0 aromatic heterocycles. The van der Waals surface area contributed by atoms with E-state index in [0.717, 1.165) is 13.8 Å². The Labute approximate surface area is 228 Å². The number of hydrogen-bond acceptors (Lipinski definition) is 16. The molecule has 0 spiro atoms. The van der Waals surface area contributed by atoms with Crippen LogP contribution in [0.15, 0.2) is 0 Å². The van der Waals surface area contributed by atoms with Crippen molar-refractivity contribution in [1.29, 1.82) is 0 Å². The van der Waals surface area contributed by atoms with Crippen LogP contribution >= 0.6 is 0 Å². The lowest BCUT2D eigenvalue weighted by molar-refractivity contribution is -0.380. The number of aliphatic hydroxyl groups is 9. The summed E-state index contributed by atoms with van der Waals surface area (Å²) in [5.41, 5.74) is 0. The van der Waals surface area contributed by atoms with Crippen LogP contribution in [0.2, 0.25) is 0 Å². The molecule has 0 bridgehead atoms. The van der Waals surface area contributed by atoms with Crippen molar-refractivity contribution in [2.45, 2.75) is 99.2 Å². The minimum absolute atomic E-state index is 0.646. The van der Waals surface area contributed by atoms with E-state index in [4.69, 9.17) is 23.7 Å². The molecule has 3 saturated heterocycles. The molecule has 0 aliphatic carbocycles. The Bertz CT molecular complexity index is 869. The minimum Gasteiger partial charge on any atom is -0.394 e. The third kappa shape index (κ3) is 6.55. The number of carbonyl (C=O) groups is 2. The highest BCUT2D eigenvalue weighted by Crippen LogP contribution is 2.37. The van der Waals surface area contributed by atoms with E-state index in [9.17, 15) is 55.5 Å². The highest BCUT2D eigenvalue weighted by Gasteiger charge is 2.59. The Morgan fingerprint density at radius 3 is 1.73 bits per heavy atom. The summed E-state index contributed by atoms with van der Waals surface area (Å²) in [7, 11) is 0. The van der Waals surface area contributed by atoms with Gasteiger partial charge in [0.05, 0.1) is 19.8 Å². The quantitative estimate of drug-likeness (QED) is 0.113. The zero-order valence-electron chi connectivity index (χ0n) is 21.7. The van der Waals surface area contributed by atoms with Gasteiger partial charge in [-0.1, -0.05) is 0 Å². The maximum atomic E-state index is 12.0. The van der Waals surface area contributed by atoms with Gasteiger partial charge in [0, 0.05) is 13.8 Å².